The number of anilines is 1. The van der Waals surface area contributed by atoms with Gasteiger partial charge in [0.25, 0.3) is 0 Å². The molecule has 1 heterocycles. The van der Waals surface area contributed by atoms with Crippen LogP contribution in [0.4, 0.5) is 19.0 Å². The lowest BCUT2D eigenvalue weighted by Gasteiger charge is -2.35. The Hall–Kier alpha value is -3.55. The van der Waals surface area contributed by atoms with Crippen LogP contribution in [0.5, 0.6) is 0 Å². The van der Waals surface area contributed by atoms with Crippen LogP contribution in [0.1, 0.15) is 67.2 Å². The molecule has 43 heavy (non-hydrogen) atoms. The highest BCUT2D eigenvalue weighted by atomic mass is 32.3. The molecule has 3 aromatic rings. The molecule has 1 aromatic heterocycles. The van der Waals surface area contributed by atoms with Crippen molar-refractivity contribution in [1.82, 2.24) is 15.4 Å². The van der Waals surface area contributed by atoms with E-state index in [0.717, 1.165) is 12.5 Å². The molecule has 1 atom stereocenters. The van der Waals surface area contributed by atoms with Gasteiger partial charge in [-0.15, -0.1) is 0 Å². The maximum atomic E-state index is 13.2. The molecule has 0 saturated carbocycles. The third-order valence-corrected chi connectivity index (χ3v) is 8.13. The SMILES string of the molecule is CCCC(=O)N(Cc1ccc(-c2ccccc2S(O)(O)Nc2noc(C(F)(F)F)c2C)cc1)C(C(=O)NC(C)C)C(C)C.[HH].[HH]. The summed E-state index contributed by atoms with van der Waals surface area (Å²) in [6.45, 7) is 10.7. The number of nitrogens with zero attached hydrogens (tertiary/aromatic N) is 2. The second kappa shape index (κ2) is 13.8. The van der Waals surface area contributed by atoms with E-state index in [1.165, 1.54) is 6.07 Å². The molecule has 13 heteroatoms. The van der Waals surface area contributed by atoms with Gasteiger partial charge in [0.2, 0.25) is 17.6 Å². The quantitative estimate of drug-likeness (QED) is 0.160. The van der Waals surface area contributed by atoms with Crippen molar-refractivity contribution in [3.63, 3.8) is 0 Å². The van der Waals surface area contributed by atoms with Crippen LogP contribution in [-0.2, 0) is 22.3 Å². The number of carbonyl (C=O) groups excluding carboxylic acids is 2. The van der Waals surface area contributed by atoms with Crippen molar-refractivity contribution in [2.45, 2.75) is 84.1 Å². The number of carbonyl (C=O) groups is 2. The van der Waals surface area contributed by atoms with Crippen LogP contribution in [0.15, 0.2) is 57.9 Å². The predicted molar refractivity (Wildman–Crippen MR) is 164 cm³/mol. The minimum absolute atomic E-state index is 0. The molecule has 0 bridgehead atoms. The van der Waals surface area contributed by atoms with E-state index >= 15 is 0 Å². The van der Waals surface area contributed by atoms with Crippen LogP contribution in [0.2, 0.25) is 0 Å². The summed E-state index contributed by atoms with van der Waals surface area (Å²) >= 11 is 0. The van der Waals surface area contributed by atoms with Crippen molar-refractivity contribution in [3.8, 4) is 11.1 Å². The van der Waals surface area contributed by atoms with Crippen LogP contribution in [-0.4, -0.2) is 43.1 Å². The number of benzene rings is 2. The van der Waals surface area contributed by atoms with Crippen molar-refractivity contribution in [3.05, 3.63) is 65.4 Å². The minimum atomic E-state index is -4.79. The summed E-state index contributed by atoms with van der Waals surface area (Å²) in [6.07, 6.45) is -3.86. The Morgan fingerprint density at radius 1 is 1.07 bits per heavy atom. The molecular formula is C30H43F3N4O5S. The van der Waals surface area contributed by atoms with Crippen molar-refractivity contribution in [2.75, 3.05) is 4.72 Å². The molecule has 3 rings (SSSR count). The second-order valence-electron chi connectivity index (χ2n) is 11.0. The number of amides is 2. The summed E-state index contributed by atoms with van der Waals surface area (Å²) in [5.41, 5.74) is 1.38. The molecule has 9 nitrogen and oxygen atoms in total. The molecule has 1 unspecified atom stereocenters. The first kappa shape index (κ1) is 33.9. The lowest BCUT2D eigenvalue weighted by molar-refractivity contribution is -0.156. The zero-order chi connectivity index (χ0) is 32.1. The van der Waals surface area contributed by atoms with Crippen molar-refractivity contribution < 1.29 is 39.2 Å². The van der Waals surface area contributed by atoms with E-state index in [2.05, 4.69) is 19.7 Å². The second-order valence-corrected chi connectivity index (χ2v) is 12.7. The van der Waals surface area contributed by atoms with Gasteiger partial charge in [-0.3, -0.25) is 23.4 Å². The van der Waals surface area contributed by atoms with E-state index in [1.54, 1.807) is 47.4 Å². The van der Waals surface area contributed by atoms with E-state index in [0.29, 0.717) is 24.0 Å². The lowest BCUT2D eigenvalue weighted by Crippen LogP contribution is -2.53. The Kier molecular flexibility index (Phi) is 10.9. The van der Waals surface area contributed by atoms with E-state index in [4.69, 9.17) is 0 Å². The summed E-state index contributed by atoms with van der Waals surface area (Å²) in [5.74, 6) is -2.25. The normalized spacial score (nSPS) is 13.2. The number of aromatic nitrogens is 1. The highest BCUT2D eigenvalue weighted by molar-refractivity contribution is 8.25. The van der Waals surface area contributed by atoms with Crippen LogP contribution >= 0.6 is 10.8 Å². The fourth-order valence-corrected chi connectivity index (χ4v) is 6.03. The molecule has 2 aromatic carbocycles. The van der Waals surface area contributed by atoms with Crippen LogP contribution in [0.3, 0.4) is 0 Å². The Labute approximate surface area is 254 Å². The van der Waals surface area contributed by atoms with Crippen LogP contribution < -0.4 is 10.0 Å². The fraction of sp³-hybridized carbons (Fsp3) is 0.433. The third-order valence-electron chi connectivity index (χ3n) is 6.68. The molecule has 0 saturated heterocycles. The fourth-order valence-electron chi connectivity index (χ4n) is 4.70. The molecule has 0 spiro atoms. The summed E-state index contributed by atoms with van der Waals surface area (Å²) in [7, 11) is -3.87. The molecule has 0 aliphatic rings. The van der Waals surface area contributed by atoms with Crippen molar-refractivity contribution in [1.29, 1.82) is 0 Å². The number of hydrogen-bond donors (Lipinski definition) is 4. The van der Waals surface area contributed by atoms with E-state index < -0.39 is 40.1 Å². The first-order chi connectivity index (χ1) is 20.1. The van der Waals surface area contributed by atoms with Gasteiger partial charge in [0.15, 0.2) is 5.82 Å². The average molecular weight is 629 g/mol. The van der Waals surface area contributed by atoms with Crippen molar-refractivity contribution in [2.24, 2.45) is 5.92 Å². The van der Waals surface area contributed by atoms with Gasteiger partial charge in [-0.25, -0.2) is 0 Å². The van der Waals surface area contributed by atoms with Gasteiger partial charge in [0.05, 0.1) is 4.90 Å². The molecule has 0 aliphatic heterocycles. The molecule has 0 fully saturated rings. The van der Waals surface area contributed by atoms with Crippen molar-refractivity contribution >= 4 is 28.4 Å². The summed E-state index contributed by atoms with van der Waals surface area (Å²) in [5, 5.41) is 6.27. The number of rotatable bonds is 12. The lowest BCUT2D eigenvalue weighted by atomic mass is 9.98. The smallest absolute Gasteiger partial charge is 0.352 e. The zero-order valence-electron chi connectivity index (χ0n) is 25.0. The zero-order valence-corrected chi connectivity index (χ0v) is 25.8. The number of nitrogens with one attached hydrogen (secondary N) is 2. The number of alkyl halides is 3. The van der Waals surface area contributed by atoms with Gasteiger partial charge in [0.1, 0.15) is 6.04 Å². The first-order valence-electron chi connectivity index (χ1n) is 13.9. The maximum Gasteiger partial charge on any atom is 0.452 e. The molecule has 4 N–H and O–H groups in total. The Bertz CT molecular complexity index is 1420. The maximum absolute atomic E-state index is 13.2. The molecule has 0 radical (unpaired) electrons. The third kappa shape index (κ3) is 8.30. The minimum Gasteiger partial charge on any atom is -0.352 e. The average Bonchev–Trinajstić information content (AvgIpc) is 3.28. The summed E-state index contributed by atoms with van der Waals surface area (Å²) in [6, 6.07) is 12.7. The molecular weight excluding hydrogens is 585 g/mol. The van der Waals surface area contributed by atoms with Gasteiger partial charge < -0.3 is 14.7 Å². The predicted octanol–water partition coefficient (Wildman–Crippen LogP) is 7.98. The number of halogens is 3. The van der Waals surface area contributed by atoms with E-state index in [9.17, 15) is 31.9 Å². The highest BCUT2D eigenvalue weighted by Gasteiger charge is 2.40. The van der Waals surface area contributed by atoms with Gasteiger partial charge in [-0.2, -0.15) is 13.2 Å². The van der Waals surface area contributed by atoms with Crippen LogP contribution in [0.25, 0.3) is 11.1 Å². The van der Waals surface area contributed by atoms with Gasteiger partial charge in [-0.1, -0.05) is 79.2 Å². The first-order valence-corrected chi connectivity index (χ1v) is 15.5. The Morgan fingerprint density at radius 3 is 2.23 bits per heavy atom. The Balaban J connectivity index is 0.00000506. The molecule has 240 valence electrons. The monoisotopic (exact) mass is 628 g/mol. The van der Waals surface area contributed by atoms with E-state index in [1.807, 2.05) is 34.6 Å². The van der Waals surface area contributed by atoms with Gasteiger partial charge >= 0.3 is 6.18 Å². The van der Waals surface area contributed by atoms with E-state index in [-0.39, 0.29) is 38.1 Å². The topological polar surface area (TPSA) is 128 Å². The largest absolute Gasteiger partial charge is 0.452 e. The highest BCUT2D eigenvalue weighted by Crippen LogP contribution is 2.52. The summed E-state index contributed by atoms with van der Waals surface area (Å²) < 4.78 is 68.2. The van der Waals surface area contributed by atoms with Crippen LogP contribution in [0, 0.1) is 12.8 Å². The van der Waals surface area contributed by atoms with Gasteiger partial charge in [-0.05, 0) is 50.3 Å². The molecule has 0 aliphatic carbocycles. The molecule has 2 amide bonds. The van der Waals surface area contributed by atoms with Gasteiger partial charge in [0, 0.05) is 33.0 Å². The number of hydrogen-bond acceptors (Lipinski definition) is 7. The summed E-state index contributed by atoms with van der Waals surface area (Å²) in [4.78, 5) is 27.9. The Morgan fingerprint density at radius 2 is 1.70 bits per heavy atom. The standard InChI is InChI=1S/C30H39F3N4O5S.2H2/c1-7-10-25(38)37(26(18(2)3)29(39)34-19(4)5)17-21-13-15-22(16-14-21)23-11-8-9-12-24(23)43(40,41)36-28-20(6)27(42-35-28)30(31,32)33;;/h8-9,11-16,18-19,26,40-41H,7,10,17H2,1-6H3,(H,34,39)(H,35,36);2*1H.